The summed E-state index contributed by atoms with van der Waals surface area (Å²) in [6.45, 7) is 7.13. The quantitative estimate of drug-likeness (QED) is 0.735. The fraction of sp³-hybridized carbons (Fsp3) is 0.692. The fourth-order valence-electron chi connectivity index (χ4n) is 2.49. The Kier molecular flexibility index (Phi) is 2.42. The fourth-order valence-corrected chi connectivity index (χ4v) is 2.49. The molecule has 0 spiro atoms. The van der Waals surface area contributed by atoms with Crippen LogP contribution in [0.5, 0.6) is 0 Å². The number of H-pyrrole nitrogens is 1. The molecule has 1 aliphatic carbocycles. The lowest BCUT2D eigenvalue weighted by molar-refractivity contribution is 0.182. The van der Waals surface area contributed by atoms with Gasteiger partial charge < -0.3 is 4.98 Å². The first kappa shape index (κ1) is 9.82. The largest absolute Gasteiger partial charge is 0.365 e. The molecule has 1 aromatic heterocycles. The highest BCUT2D eigenvalue weighted by atomic mass is 14.7. The van der Waals surface area contributed by atoms with Crippen molar-refractivity contribution in [3.63, 3.8) is 0 Å². The minimum Gasteiger partial charge on any atom is -0.365 e. The van der Waals surface area contributed by atoms with Crippen molar-refractivity contribution in [3.05, 3.63) is 23.5 Å². The monoisotopic (exact) mass is 191 g/mol. The maximum atomic E-state index is 3.38. The average Bonchev–Trinajstić information content (AvgIpc) is 2.64. The van der Waals surface area contributed by atoms with E-state index in [0.29, 0.717) is 5.41 Å². The molecule has 1 unspecified atom stereocenters. The SMILES string of the molecule is CCC(C)(C)C1CCc2cc[nH]c2C1. The topological polar surface area (TPSA) is 15.8 Å². The third kappa shape index (κ3) is 1.60. The van der Waals surface area contributed by atoms with Crippen molar-refractivity contribution in [1.82, 2.24) is 4.98 Å². The molecule has 1 aromatic rings. The van der Waals surface area contributed by atoms with Crippen LogP contribution in [-0.2, 0) is 12.8 Å². The summed E-state index contributed by atoms with van der Waals surface area (Å²) in [5.41, 5.74) is 3.54. The lowest BCUT2D eigenvalue weighted by atomic mass is 9.69. The van der Waals surface area contributed by atoms with Crippen LogP contribution in [0.3, 0.4) is 0 Å². The molecule has 0 radical (unpaired) electrons. The molecule has 0 bridgehead atoms. The van der Waals surface area contributed by atoms with E-state index in [4.69, 9.17) is 0 Å². The van der Waals surface area contributed by atoms with Crippen LogP contribution in [-0.4, -0.2) is 4.98 Å². The van der Waals surface area contributed by atoms with Gasteiger partial charge in [0.2, 0.25) is 0 Å². The number of aromatic amines is 1. The first-order valence-electron chi connectivity index (χ1n) is 5.78. The molecule has 0 fully saturated rings. The van der Waals surface area contributed by atoms with E-state index in [1.54, 1.807) is 5.56 Å². The van der Waals surface area contributed by atoms with E-state index in [9.17, 15) is 0 Å². The summed E-state index contributed by atoms with van der Waals surface area (Å²) in [7, 11) is 0. The van der Waals surface area contributed by atoms with Crippen LogP contribution in [0.4, 0.5) is 0 Å². The summed E-state index contributed by atoms with van der Waals surface area (Å²) in [6.07, 6.45) is 7.27. The number of hydrogen-bond donors (Lipinski definition) is 1. The van der Waals surface area contributed by atoms with E-state index in [0.717, 1.165) is 5.92 Å². The molecule has 0 aliphatic heterocycles. The number of hydrogen-bond acceptors (Lipinski definition) is 0. The zero-order valence-electron chi connectivity index (χ0n) is 9.56. The van der Waals surface area contributed by atoms with Crippen molar-refractivity contribution in [2.24, 2.45) is 11.3 Å². The van der Waals surface area contributed by atoms with E-state index < -0.39 is 0 Å². The van der Waals surface area contributed by atoms with Gasteiger partial charge in [-0.3, -0.25) is 0 Å². The molecule has 0 aromatic carbocycles. The Balaban J connectivity index is 2.15. The van der Waals surface area contributed by atoms with Gasteiger partial charge in [0.15, 0.2) is 0 Å². The van der Waals surface area contributed by atoms with Crippen LogP contribution >= 0.6 is 0 Å². The van der Waals surface area contributed by atoms with Gasteiger partial charge in [0, 0.05) is 11.9 Å². The number of rotatable bonds is 2. The average molecular weight is 191 g/mol. The second kappa shape index (κ2) is 3.45. The Bertz CT molecular complexity index is 309. The maximum Gasteiger partial charge on any atom is 0.0182 e. The van der Waals surface area contributed by atoms with Gasteiger partial charge in [-0.1, -0.05) is 27.2 Å². The Morgan fingerprint density at radius 1 is 1.50 bits per heavy atom. The molecule has 1 atom stereocenters. The summed E-state index contributed by atoms with van der Waals surface area (Å²) in [6, 6.07) is 2.24. The molecule has 78 valence electrons. The zero-order valence-corrected chi connectivity index (χ0v) is 9.56. The Morgan fingerprint density at radius 2 is 2.29 bits per heavy atom. The van der Waals surface area contributed by atoms with Crippen molar-refractivity contribution >= 4 is 0 Å². The molecule has 1 aliphatic rings. The van der Waals surface area contributed by atoms with E-state index in [2.05, 4.69) is 38.0 Å². The predicted molar refractivity (Wildman–Crippen MR) is 60.4 cm³/mol. The third-order valence-corrected chi connectivity index (χ3v) is 4.16. The van der Waals surface area contributed by atoms with Crippen molar-refractivity contribution in [1.29, 1.82) is 0 Å². The second-order valence-corrected chi connectivity index (χ2v) is 5.26. The molecule has 1 heterocycles. The van der Waals surface area contributed by atoms with Crippen molar-refractivity contribution < 1.29 is 0 Å². The molecule has 14 heavy (non-hydrogen) atoms. The van der Waals surface area contributed by atoms with Crippen LogP contribution in [0.15, 0.2) is 12.3 Å². The van der Waals surface area contributed by atoms with Crippen molar-refractivity contribution in [2.75, 3.05) is 0 Å². The van der Waals surface area contributed by atoms with Crippen LogP contribution in [0.2, 0.25) is 0 Å². The minimum atomic E-state index is 0.503. The zero-order chi connectivity index (χ0) is 10.2. The highest BCUT2D eigenvalue weighted by Crippen LogP contribution is 2.39. The Labute approximate surface area is 86.9 Å². The summed E-state index contributed by atoms with van der Waals surface area (Å²) in [4.78, 5) is 3.38. The molecule has 1 heteroatoms. The van der Waals surface area contributed by atoms with Crippen LogP contribution < -0.4 is 0 Å². The van der Waals surface area contributed by atoms with Crippen LogP contribution in [0.1, 0.15) is 44.9 Å². The van der Waals surface area contributed by atoms with E-state index >= 15 is 0 Å². The van der Waals surface area contributed by atoms with E-state index in [-0.39, 0.29) is 0 Å². The van der Waals surface area contributed by atoms with Gasteiger partial charge in [-0.2, -0.15) is 0 Å². The maximum absolute atomic E-state index is 3.38. The van der Waals surface area contributed by atoms with Gasteiger partial charge in [-0.05, 0) is 42.2 Å². The van der Waals surface area contributed by atoms with Gasteiger partial charge in [0.1, 0.15) is 0 Å². The second-order valence-electron chi connectivity index (χ2n) is 5.26. The summed E-state index contributed by atoms with van der Waals surface area (Å²) < 4.78 is 0. The number of aryl methyl sites for hydroxylation is 1. The van der Waals surface area contributed by atoms with Gasteiger partial charge in [0.05, 0.1) is 0 Å². The van der Waals surface area contributed by atoms with E-state index in [1.807, 2.05) is 0 Å². The molecular weight excluding hydrogens is 170 g/mol. The first-order chi connectivity index (χ1) is 6.63. The Morgan fingerprint density at radius 3 is 3.00 bits per heavy atom. The van der Waals surface area contributed by atoms with E-state index in [1.165, 1.54) is 31.4 Å². The van der Waals surface area contributed by atoms with Gasteiger partial charge in [0.25, 0.3) is 0 Å². The summed E-state index contributed by atoms with van der Waals surface area (Å²) >= 11 is 0. The number of fused-ring (bicyclic) bond motifs is 1. The molecule has 1 nitrogen and oxygen atoms in total. The highest BCUT2D eigenvalue weighted by Gasteiger charge is 2.31. The van der Waals surface area contributed by atoms with Crippen LogP contribution in [0.25, 0.3) is 0 Å². The Hall–Kier alpha value is -0.720. The summed E-state index contributed by atoms with van der Waals surface area (Å²) in [5, 5.41) is 0. The first-order valence-corrected chi connectivity index (χ1v) is 5.78. The molecule has 2 rings (SSSR count). The number of nitrogens with one attached hydrogen (secondary N) is 1. The van der Waals surface area contributed by atoms with Gasteiger partial charge in [-0.15, -0.1) is 0 Å². The molecule has 0 saturated carbocycles. The van der Waals surface area contributed by atoms with Gasteiger partial charge >= 0.3 is 0 Å². The molecular formula is C13H21N. The lowest BCUT2D eigenvalue weighted by Gasteiger charge is -2.36. The standard InChI is InChI=1S/C13H21N/c1-4-13(2,3)11-6-5-10-7-8-14-12(10)9-11/h7-8,11,14H,4-6,9H2,1-3H3. The predicted octanol–water partition coefficient (Wildman–Crippen LogP) is 3.56. The summed E-state index contributed by atoms with van der Waals surface area (Å²) in [5.74, 6) is 0.860. The smallest absolute Gasteiger partial charge is 0.0182 e. The third-order valence-electron chi connectivity index (χ3n) is 4.16. The van der Waals surface area contributed by atoms with Crippen molar-refractivity contribution in [2.45, 2.75) is 46.5 Å². The highest BCUT2D eigenvalue weighted by molar-refractivity contribution is 5.24. The normalized spacial score (nSPS) is 22.1. The lowest BCUT2D eigenvalue weighted by Crippen LogP contribution is -2.28. The number of aromatic nitrogens is 1. The van der Waals surface area contributed by atoms with Crippen LogP contribution in [0, 0.1) is 11.3 Å². The molecule has 0 saturated heterocycles. The minimum absolute atomic E-state index is 0.503. The van der Waals surface area contributed by atoms with Gasteiger partial charge in [-0.25, -0.2) is 0 Å². The van der Waals surface area contributed by atoms with Crippen molar-refractivity contribution in [3.8, 4) is 0 Å². The molecule has 0 amide bonds. The molecule has 1 N–H and O–H groups in total.